The van der Waals surface area contributed by atoms with Gasteiger partial charge in [0.2, 0.25) is 0 Å². The average molecular weight is 251 g/mol. The van der Waals surface area contributed by atoms with Crippen LogP contribution in [0, 0.1) is 18.6 Å². The number of aryl methyl sites for hydroxylation is 1. The lowest BCUT2D eigenvalue weighted by Crippen LogP contribution is -2.23. The molecule has 1 N–H and O–H groups in total. The zero-order chi connectivity index (χ0) is 13.1. The molecule has 1 atom stereocenters. The summed E-state index contributed by atoms with van der Waals surface area (Å²) >= 11 is 0. The van der Waals surface area contributed by atoms with Crippen molar-refractivity contribution in [3.05, 3.63) is 46.5 Å². The summed E-state index contributed by atoms with van der Waals surface area (Å²) in [6.45, 7) is 4.43. The fraction of sp³-hybridized carbons (Fsp3) is 0.467. The van der Waals surface area contributed by atoms with Gasteiger partial charge in [-0.3, -0.25) is 0 Å². The lowest BCUT2D eigenvalue weighted by Gasteiger charge is -2.21. The van der Waals surface area contributed by atoms with Crippen LogP contribution < -0.4 is 5.32 Å². The predicted octanol–water partition coefficient (Wildman–Crippen LogP) is 4.03. The molecule has 0 fully saturated rings. The Kier molecular flexibility index (Phi) is 4.12. The first-order valence-corrected chi connectivity index (χ1v) is 6.51. The van der Waals surface area contributed by atoms with Crippen molar-refractivity contribution in [1.82, 2.24) is 5.32 Å². The highest BCUT2D eigenvalue weighted by Gasteiger charge is 2.22. The van der Waals surface area contributed by atoms with Crippen LogP contribution in [0.15, 0.2) is 23.8 Å². The van der Waals surface area contributed by atoms with Gasteiger partial charge in [-0.05, 0) is 44.4 Å². The molecule has 0 aromatic heterocycles. The highest BCUT2D eigenvalue weighted by atomic mass is 19.1. The van der Waals surface area contributed by atoms with Gasteiger partial charge in [0, 0.05) is 11.6 Å². The number of benzene rings is 1. The van der Waals surface area contributed by atoms with Gasteiger partial charge in [-0.25, -0.2) is 8.78 Å². The summed E-state index contributed by atoms with van der Waals surface area (Å²) in [5.74, 6) is -0.941. The largest absolute Gasteiger partial charge is 0.307 e. The second kappa shape index (κ2) is 5.61. The van der Waals surface area contributed by atoms with E-state index in [9.17, 15) is 8.78 Å². The van der Waals surface area contributed by atoms with E-state index in [-0.39, 0.29) is 6.04 Å². The summed E-state index contributed by atoms with van der Waals surface area (Å²) in [4.78, 5) is 0. The first kappa shape index (κ1) is 13.2. The molecule has 0 saturated heterocycles. The molecule has 1 nitrogen and oxygen atoms in total. The summed E-state index contributed by atoms with van der Waals surface area (Å²) in [5, 5.41) is 3.30. The summed E-state index contributed by atoms with van der Waals surface area (Å²) in [6, 6.07) is 2.50. The molecule has 0 aliphatic heterocycles. The Bertz CT molecular complexity index is 466. The number of likely N-dealkylation sites (N-methyl/N-ethyl adjacent to an activating group) is 1. The summed E-state index contributed by atoms with van der Waals surface area (Å²) < 4.78 is 27.3. The Morgan fingerprint density at radius 2 is 2.06 bits per heavy atom. The summed E-state index contributed by atoms with van der Waals surface area (Å²) in [6.07, 6.45) is 5.34. The van der Waals surface area contributed by atoms with Gasteiger partial charge in [-0.15, -0.1) is 0 Å². The molecule has 0 heterocycles. The second-order valence-corrected chi connectivity index (χ2v) is 4.78. The number of nitrogens with one attached hydrogen (secondary N) is 1. The van der Waals surface area contributed by atoms with Crippen molar-refractivity contribution in [2.45, 2.75) is 39.2 Å². The lowest BCUT2D eigenvalue weighted by molar-refractivity contribution is 0.530. The molecule has 1 aromatic carbocycles. The van der Waals surface area contributed by atoms with Crippen LogP contribution in [0.2, 0.25) is 0 Å². The van der Waals surface area contributed by atoms with Gasteiger partial charge in [0.1, 0.15) is 11.6 Å². The molecule has 1 aliphatic carbocycles. The lowest BCUT2D eigenvalue weighted by atomic mass is 9.96. The average Bonchev–Trinajstić information content (AvgIpc) is 2.85. The van der Waals surface area contributed by atoms with E-state index in [0.717, 1.165) is 31.9 Å². The number of hydrogen-bond donors (Lipinski definition) is 1. The van der Waals surface area contributed by atoms with Crippen molar-refractivity contribution in [3.63, 3.8) is 0 Å². The number of allylic oxidation sites excluding steroid dienone is 1. The van der Waals surface area contributed by atoms with E-state index >= 15 is 0 Å². The van der Waals surface area contributed by atoms with Crippen LogP contribution in [-0.4, -0.2) is 6.54 Å². The SMILES string of the molecule is CCNC(C1=CCCC1)c1cc(C)c(F)cc1F. The van der Waals surface area contributed by atoms with Crippen molar-refractivity contribution in [1.29, 1.82) is 0 Å². The van der Waals surface area contributed by atoms with Crippen LogP contribution in [0.4, 0.5) is 8.78 Å². The maximum Gasteiger partial charge on any atom is 0.131 e. The first-order chi connectivity index (χ1) is 8.63. The van der Waals surface area contributed by atoms with Gasteiger partial charge in [0.05, 0.1) is 6.04 Å². The van der Waals surface area contributed by atoms with E-state index in [1.807, 2.05) is 6.92 Å². The van der Waals surface area contributed by atoms with Crippen molar-refractivity contribution in [2.24, 2.45) is 0 Å². The Morgan fingerprint density at radius 3 is 2.67 bits per heavy atom. The summed E-state index contributed by atoms with van der Waals surface area (Å²) in [7, 11) is 0. The van der Waals surface area contributed by atoms with E-state index in [0.29, 0.717) is 11.1 Å². The summed E-state index contributed by atoms with van der Waals surface area (Å²) in [5.41, 5.74) is 2.28. The predicted molar refractivity (Wildman–Crippen MR) is 69.4 cm³/mol. The molecule has 3 heteroatoms. The third-order valence-electron chi connectivity index (χ3n) is 3.44. The highest BCUT2D eigenvalue weighted by Crippen LogP contribution is 2.32. The zero-order valence-electron chi connectivity index (χ0n) is 10.9. The van der Waals surface area contributed by atoms with E-state index in [4.69, 9.17) is 0 Å². The van der Waals surface area contributed by atoms with Crippen molar-refractivity contribution in [2.75, 3.05) is 6.54 Å². The van der Waals surface area contributed by atoms with Crippen LogP contribution in [0.3, 0.4) is 0 Å². The monoisotopic (exact) mass is 251 g/mol. The number of hydrogen-bond acceptors (Lipinski definition) is 1. The van der Waals surface area contributed by atoms with E-state index in [1.165, 1.54) is 5.57 Å². The fourth-order valence-electron chi connectivity index (χ4n) is 2.50. The molecular formula is C15H19F2N. The molecule has 0 radical (unpaired) electrons. The zero-order valence-corrected chi connectivity index (χ0v) is 10.9. The van der Waals surface area contributed by atoms with E-state index in [2.05, 4.69) is 11.4 Å². The van der Waals surface area contributed by atoms with Gasteiger partial charge in [0.25, 0.3) is 0 Å². The molecular weight excluding hydrogens is 232 g/mol. The Balaban J connectivity index is 2.38. The minimum absolute atomic E-state index is 0.114. The van der Waals surface area contributed by atoms with E-state index < -0.39 is 11.6 Å². The standard InChI is InChI=1S/C15H19F2N/c1-3-18-15(11-6-4-5-7-11)12-8-10(2)13(16)9-14(12)17/h6,8-9,15,18H,3-5,7H2,1-2H3. The number of halogens is 2. The second-order valence-electron chi connectivity index (χ2n) is 4.78. The molecule has 1 aliphatic rings. The molecule has 2 rings (SSSR count). The molecule has 1 unspecified atom stereocenters. The minimum atomic E-state index is -0.480. The third kappa shape index (κ3) is 2.61. The van der Waals surface area contributed by atoms with Gasteiger partial charge >= 0.3 is 0 Å². The maximum atomic E-state index is 14.0. The minimum Gasteiger partial charge on any atom is -0.307 e. The molecule has 98 valence electrons. The normalized spacial score (nSPS) is 16.8. The van der Waals surface area contributed by atoms with Crippen LogP contribution in [0.25, 0.3) is 0 Å². The van der Waals surface area contributed by atoms with Crippen LogP contribution >= 0.6 is 0 Å². The topological polar surface area (TPSA) is 12.0 Å². The Morgan fingerprint density at radius 1 is 1.28 bits per heavy atom. The fourth-order valence-corrected chi connectivity index (χ4v) is 2.50. The molecule has 0 bridgehead atoms. The maximum absolute atomic E-state index is 14.0. The molecule has 1 aromatic rings. The van der Waals surface area contributed by atoms with Gasteiger partial charge in [-0.1, -0.05) is 18.6 Å². The van der Waals surface area contributed by atoms with Crippen LogP contribution in [0.5, 0.6) is 0 Å². The van der Waals surface area contributed by atoms with Gasteiger partial charge in [0.15, 0.2) is 0 Å². The molecule has 18 heavy (non-hydrogen) atoms. The number of rotatable bonds is 4. The highest BCUT2D eigenvalue weighted by molar-refractivity contribution is 5.34. The van der Waals surface area contributed by atoms with Crippen LogP contribution in [-0.2, 0) is 0 Å². The van der Waals surface area contributed by atoms with E-state index in [1.54, 1.807) is 13.0 Å². The first-order valence-electron chi connectivity index (χ1n) is 6.51. The van der Waals surface area contributed by atoms with Crippen molar-refractivity contribution >= 4 is 0 Å². The smallest absolute Gasteiger partial charge is 0.131 e. The Labute approximate surface area is 107 Å². The van der Waals surface area contributed by atoms with Gasteiger partial charge < -0.3 is 5.32 Å². The Hall–Kier alpha value is -1.22. The third-order valence-corrected chi connectivity index (χ3v) is 3.44. The molecule has 0 spiro atoms. The quantitative estimate of drug-likeness (QED) is 0.796. The van der Waals surface area contributed by atoms with Crippen molar-refractivity contribution < 1.29 is 8.78 Å². The molecule has 0 amide bonds. The van der Waals surface area contributed by atoms with Gasteiger partial charge in [-0.2, -0.15) is 0 Å². The molecule has 0 saturated carbocycles. The van der Waals surface area contributed by atoms with Crippen LogP contribution in [0.1, 0.15) is 43.4 Å². The van der Waals surface area contributed by atoms with Crippen molar-refractivity contribution in [3.8, 4) is 0 Å².